The van der Waals surface area contributed by atoms with E-state index in [2.05, 4.69) is 15.6 Å². The molecule has 0 aliphatic carbocycles. The maximum Gasteiger partial charge on any atom is 0.253 e. The molecule has 1 aromatic heterocycles. The number of hydrogen-bond acceptors (Lipinski definition) is 6. The van der Waals surface area contributed by atoms with Crippen molar-refractivity contribution in [3.05, 3.63) is 76.8 Å². The summed E-state index contributed by atoms with van der Waals surface area (Å²) < 4.78 is 0. The van der Waals surface area contributed by atoms with Crippen LogP contribution in [0.15, 0.2) is 60.0 Å². The summed E-state index contributed by atoms with van der Waals surface area (Å²) in [6.45, 7) is 0.402. The summed E-state index contributed by atoms with van der Waals surface area (Å²) in [4.78, 5) is 28.2. The molecule has 3 rings (SSSR count). The highest BCUT2D eigenvalue weighted by molar-refractivity contribution is 7.13. The third-order valence-corrected chi connectivity index (χ3v) is 4.95. The fraction of sp³-hybridized carbons (Fsp3) is 0.190. The van der Waals surface area contributed by atoms with Crippen molar-refractivity contribution in [2.75, 3.05) is 17.6 Å². The second kappa shape index (κ2) is 9.81. The number of nitrogens with one attached hydrogen (secondary N) is 2. The second-order valence-corrected chi connectivity index (χ2v) is 7.34. The van der Waals surface area contributed by atoms with Gasteiger partial charge in [0.15, 0.2) is 11.2 Å². The van der Waals surface area contributed by atoms with Crippen molar-refractivity contribution < 1.29 is 14.7 Å². The first-order valence-electron chi connectivity index (χ1n) is 9.10. The van der Waals surface area contributed by atoms with Crippen LogP contribution in [0.4, 0.5) is 10.8 Å². The minimum absolute atomic E-state index is 0.162. The van der Waals surface area contributed by atoms with Crippen molar-refractivity contribution in [1.29, 1.82) is 0 Å². The van der Waals surface area contributed by atoms with Gasteiger partial charge in [-0.2, -0.15) is 0 Å². The Kier molecular flexibility index (Phi) is 6.94. The number of hydrogen-bond donors (Lipinski definition) is 4. The molecular weight excluding hydrogens is 388 g/mol. The summed E-state index contributed by atoms with van der Waals surface area (Å²) in [5.74, 6) is -0.590. The Morgan fingerprint density at radius 1 is 1.10 bits per heavy atom. The Morgan fingerprint density at radius 3 is 2.48 bits per heavy atom. The molecule has 0 fully saturated rings. The molecule has 0 unspecified atom stereocenters. The predicted molar refractivity (Wildman–Crippen MR) is 113 cm³/mol. The van der Waals surface area contributed by atoms with Gasteiger partial charge < -0.3 is 21.5 Å². The summed E-state index contributed by atoms with van der Waals surface area (Å²) in [7, 11) is 0. The Labute approximate surface area is 172 Å². The van der Waals surface area contributed by atoms with Gasteiger partial charge in [0.2, 0.25) is 5.91 Å². The van der Waals surface area contributed by atoms with E-state index in [1.54, 1.807) is 29.6 Å². The molecule has 8 heteroatoms. The normalized spacial score (nSPS) is 11.6. The number of nitrogens with zero attached hydrogens (tertiary/aromatic N) is 1. The van der Waals surface area contributed by atoms with Gasteiger partial charge in [-0.1, -0.05) is 42.5 Å². The molecule has 7 nitrogen and oxygen atoms in total. The van der Waals surface area contributed by atoms with Crippen molar-refractivity contribution in [3.8, 4) is 0 Å². The maximum atomic E-state index is 12.0. The van der Waals surface area contributed by atoms with Crippen LogP contribution in [0.2, 0.25) is 0 Å². The standard InChI is InChI=1S/C21H22N4O3S/c22-21-25-17(13-29-21)12-18(26)24-16-8-6-14(7-9-16)10-11-23-20(28)19(27)15-4-2-1-3-5-15/h1-9,13,19,27H,10-12H2,(H2,22,25)(H,23,28)(H,24,26)/t19-/m0/s1. The molecule has 0 radical (unpaired) electrons. The fourth-order valence-corrected chi connectivity index (χ4v) is 3.30. The Balaban J connectivity index is 1.43. The zero-order valence-corrected chi connectivity index (χ0v) is 16.5. The van der Waals surface area contributed by atoms with Crippen LogP contribution < -0.4 is 16.4 Å². The molecule has 2 aromatic carbocycles. The maximum absolute atomic E-state index is 12.0. The van der Waals surface area contributed by atoms with Crippen LogP contribution in [-0.4, -0.2) is 28.4 Å². The Bertz CT molecular complexity index is 958. The molecule has 3 aromatic rings. The Morgan fingerprint density at radius 2 is 1.83 bits per heavy atom. The largest absolute Gasteiger partial charge is 0.378 e. The summed E-state index contributed by atoms with van der Waals surface area (Å²) >= 11 is 1.31. The fourth-order valence-electron chi connectivity index (χ4n) is 2.74. The monoisotopic (exact) mass is 410 g/mol. The zero-order chi connectivity index (χ0) is 20.6. The van der Waals surface area contributed by atoms with Crippen LogP contribution in [0.1, 0.15) is 22.9 Å². The van der Waals surface area contributed by atoms with E-state index < -0.39 is 12.0 Å². The van der Waals surface area contributed by atoms with Gasteiger partial charge in [-0.25, -0.2) is 4.98 Å². The molecule has 0 aliphatic heterocycles. The number of thiazole rings is 1. The van der Waals surface area contributed by atoms with E-state index in [-0.39, 0.29) is 12.3 Å². The number of carbonyl (C=O) groups is 2. The predicted octanol–water partition coefficient (Wildman–Crippen LogP) is 2.30. The lowest BCUT2D eigenvalue weighted by Gasteiger charge is -2.12. The molecule has 5 N–H and O–H groups in total. The first-order chi connectivity index (χ1) is 14.0. The van der Waals surface area contributed by atoms with E-state index in [1.165, 1.54) is 11.3 Å². The minimum atomic E-state index is -1.18. The quantitative estimate of drug-likeness (QED) is 0.455. The van der Waals surface area contributed by atoms with Crippen molar-refractivity contribution >= 4 is 34.0 Å². The van der Waals surface area contributed by atoms with Gasteiger partial charge in [0.05, 0.1) is 12.1 Å². The number of amides is 2. The number of aromatic nitrogens is 1. The van der Waals surface area contributed by atoms with Crippen molar-refractivity contribution in [2.45, 2.75) is 18.9 Å². The van der Waals surface area contributed by atoms with Crippen LogP contribution in [0.25, 0.3) is 0 Å². The second-order valence-electron chi connectivity index (χ2n) is 6.45. The smallest absolute Gasteiger partial charge is 0.253 e. The minimum Gasteiger partial charge on any atom is -0.378 e. The van der Waals surface area contributed by atoms with Gasteiger partial charge in [0.1, 0.15) is 0 Å². The number of aliphatic hydroxyl groups excluding tert-OH is 1. The summed E-state index contributed by atoms with van der Waals surface area (Å²) in [5.41, 5.74) is 8.46. The molecule has 1 heterocycles. The van der Waals surface area contributed by atoms with Crippen LogP contribution in [0.3, 0.4) is 0 Å². The molecule has 0 spiro atoms. The zero-order valence-electron chi connectivity index (χ0n) is 15.7. The molecule has 1 atom stereocenters. The molecule has 0 saturated carbocycles. The molecule has 29 heavy (non-hydrogen) atoms. The summed E-state index contributed by atoms with van der Waals surface area (Å²) in [5, 5.41) is 17.8. The van der Waals surface area contributed by atoms with Gasteiger partial charge in [0.25, 0.3) is 5.91 Å². The molecule has 0 aliphatic rings. The Hall–Kier alpha value is -3.23. The topological polar surface area (TPSA) is 117 Å². The van der Waals surface area contributed by atoms with Gasteiger partial charge in [-0.05, 0) is 29.7 Å². The van der Waals surface area contributed by atoms with Crippen LogP contribution in [-0.2, 0) is 22.4 Å². The van der Waals surface area contributed by atoms with Crippen LogP contribution >= 0.6 is 11.3 Å². The number of carbonyl (C=O) groups excluding carboxylic acids is 2. The summed E-state index contributed by atoms with van der Waals surface area (Å²) in [6.07, 6.45) is -0.396. The molecule has 150 valence electrons. The van der Waals surface area contributed by atoms with Crippen molar-refractivity contribution in [3.63, 3.8) is 0 Å². The molecular formula is C21H22N4O3S. The first kappa shape index (κ1) is 20.5. The van der Waals surface area contributed by atoms with Crippen molar-refractivity contribution in [1.82, 2.24) is 10.3 Å². The first-order valence-corrected chi connectivity index (χ1v) is 9.98. The van der Waals surface area contributed by atoms with E-state index in [0.717, 1.165) is 5.56 Å². The average molecular weight is 410 g/mol. The van der Waals surface area contributed by atoms with E-state index in [1.807, 2.05) is 30.3 Å². The van der Waals surface area contributed by atoms with Gasteiger partial charge in [-0.3, -0.25) is 9.59 Å². The number of nitrogen functional groups attached to an aromatic ring is 1. The van der Waals surface area contributed by atoms with E-state index in [0.29, 0.717) is 35.0 Å². The third kappa shape index (κ3) is 6.13. The average Bonchev–Trinajstić information content (AvgIpc) is 3.13. The van der Waals surface area contributed by atoms with E-state index in [9.17, 15) is 14.7 Å². The molecule has 2 amide bonds. The lowest BCUT2D eigenvalue weighted by molar-refractivity contribution is -0.129. The highest BCUT2D eigenvalue weighted by Crippen LogP contribution is 2.14. The van der Waals surface area contributed by atoms with Crippen LogP contribution in [0, 0.1) is 0 Å². The SMILES string of the molecule is Nc1nc(CC(=O)Nc2ccc(CCNC(=O)[C@@H](O)c3ccccc3)cc2)cs1. The third-order valence-electron chi connectivity index (χ3n) is 4.23. The lowest BCUT2D eigenvalue weighted by Crippen LogP contribution is -2.30. The number of nitrogens with two attached hydrogens (primary N) is 1. The number of anilines is 2. The van der Waals surface area contributed by atoms with E-state index >= 15 is 0 Å². The highest BCUT2D eigenvalue weighted by Gasteiger charge is 2.16. The number of aliphatic hydroxyl groups is 1. The number of benzene rings is 2. The van der Waals surface area contributed by atoms with Gasteiger partial charge in [0, 0.05) is 17.6 Å². The number of rotatable bonds is 8. The molecule has 0 bridgehead atoms. The van der Waals surface area contributed by atoms with Gasteiger partial charge in [-0.15, -0.1) is 11.3 Å². The lowest BCUT2D eigenvalue weighted by atomic mass is 10.1. The van der Waals surface area contributed by atoms with Crippen molar-refractivity contribution in [2.24, 2.45) is 0 Å². The summed E-state index contributed by atoms with van der Waals surface area (Å²) in [6, 6.07) is 16.2. The van der Waals surface area contributed by atoms with Gasteiger partial charge >= 0.3 is 0 Å². The highest BCUT2D eigenvalue weighted by atomic mass is 32.1. The van der Waals surface area contributed by atoms with Crippen LogP contribution in [0.5, 0.6) is 0 Å². The molecule has 0 saturated heterocycles. The van der Waals surface area contributed by atoms with E-state index in [4.69, 9.17) is 5.73 Å².